The molecule has 3 aliphatic heterocycles. The highest BCUT2D eigenvalue weighted by atomic mass is 35.5. The van der Waals surface area contributed by atoms with Gasteiger partial charge in [-0.25, -0.2) is 15.0 Å². The van der Waals surface area contributed by atoms with E-state index in [4.69, 9.17) is 25.8 Å². The summed E-state index contributed by atoms with van der Waals surface area (Å²) in [5.74, 6) is 0.193. The van der Waals surface area contributed by atoms with Crippen molar-refractivity contribution in [3.8, 4) is 27.4 Å². The smallest absolute Gasteiger partial charge is 0.255 e. The van der Waals surface area contributed by atoms with Crippen LogP contribution in [0.15, 0.2) is 109 Å². The number of hydrogen-bond donors (Lipinski definition) is 4. The molecule has 2 saturated heterocycles. The summed E-state index contributed by atoms with van der Waals surface area (Å²) in [5, 5.41) is 18.9. The molecule has 0 aliphatic carbocycles. The molecule has 3 aliphatic rings. The first-order chi connectivity index (χ1) is 38.0. The summed E-state index contributed by atoms with van der Waals surface area (Å²) >= 11 is 7.92. The number of hydrogen-bond acceptors (Lipinski definition) is 14. The molecule has 2 fully saturated rings. The number of fused-ring (bicyclic) bond motifs is 2. The van der Waals surface area contributed by atoms with Crippen molar-refractivity contribution < 1.29 is 33.7 Å². The van der Waals surface area contributed by atoms with E-state index >= 15 is 0 Å². The first-order valence-electron chi connectivity index (χ1n) is 26.8. The van der Waals surface area contributed by atoms with E-state index in [0.29, 0.717) is 50.8 Å². The van der Waals surface area contributed by atoms with Gasteiger partial charge in [-0.1, -0.05) is 98.2 Å². The van der Waals surface area contributed by atoms with Crippen molar-refractivity contribution in [3.63, 3.8) is 0 Å². The number of carbonyl (C=O) groups is 3. The van der Waals surface area contributed by atoms with Crippen LogP contribution in [0.2, 0.25) is 5.02 Å². The Morgan fingerprint density at radius 1 is 0.846 bits per heavy atom. The Morgan fingerprint density at radius 3 is 2.36 bits per heavy atom. The van der Waals surface area contributed by atoms with E-state index in [9.17, 15) is 19.5 Å². The lowest BCUT2D eigenvalue weighted by molar-refractivity contribution is -0.143. The van der Waals surface area contributed by atoms with Gasteiger partial charge in [0.25, 0.3) is 5.91 Å². The minimum atomic E-state index is -0.902. The van der Waals surface area contributed by atoms with Crippen LogP contribution in [0.4, 0.5) is 5.82 Å². The van der Waals surface area contributed by atoms with E-state index in [1.54, 1.807) is 28.6 Å². The summed E-state index contributed by atoms with van der Waals surface area (Å²) < 4.78 is 18.2. The third kappa shape index (κ3) is 12.9. The zero-order valence-corrected chi connectivity index (χ0v) is 45.9. The average Bonchev–Trinajstić information content (AvgIpc) is 4.33. The Bertz CT molecular complexity index is 3200. The number of rotatable bonds is 23. The normalized spacial score (nSPS) is 17.3. The van der Waals surface area contributed by atoms with Crippen LogP contribution in [0.5, 0.6) is 5.75 Å². The molecule has 3 amide bonds. The van der Waals surface area contributed by atoms with Gasteiger partial charge in [0.05, 0.1) is 54.0 Å². The SMILES string of the molecule is Cc1ncsc1-c1ccc(CNC(=O)[C@@H]2C[C@@H](O)CN2C(=O)[C@H](C(C)C)N2Cc3ccccc3C2=O)c(OCCOCCOCCN2CCN(Cc3ccc(-c4cc5c(NCc6ccccc6Cl)ncnc5[nH]4)cc3)CC2)c1. The van der Waals surface area contributed by atoms with Gasteiger partial charge < -0.3 is 44.7 Å². The number of anilines is 1. The van der Waals surface area contributed by atoms with Gasteiger partial charge in [-0.15, -0.1) is 11.3 Å². The van der Waals surface area contributed by atoms with Crippen molar-refractivity contribution in [2.24, 2.45) is 5.92 Å². The molecule has 7 aromatic rings. The number of benzene rings is 4. The molecule has 3 atom stereocenters. The van der Waals surface area contributed by atoms with Gasteiger partial charge in [0, 0.05) is 93.7 Å². The number of amides is 3. The van der Waals surface area contributed by atoms with Gasteiger partial charge in [0.15, 0.2) is 0 Å². The molecule has 0 spiro atoms. The third-order valence-corrected chi connectivity index (χ3v) is 16.2. The van der Waals surface area contributed by atoms with Crippen LogP contribution >= 0.6 is 22.9 Å². The second-order valence-corrected chi connectivity index (χ2v) is 21.7. The zero-order valence-electron chi connectivity index (χ0n) is 44.3. The Labute approximate surface area is 463 Å². The fraction of sp³-hybridized carbons (Fsp3) is 0.390. The number of halogens is 1. The minimum Gasteiger partial charge on any atom is -0.491 e. The standard InChI is InChI=1S/C59H67ClN10O7S/c1-38(2)53(70-34-45-9-4-6-10-47(45)58(70)73)59(74)69-35-46(71)29-51(69)57(72)62-32-44-17-16-42(54-39(3)65-37-78-54)28-52(44)77-27-26-76-25-24-75-23-22-67-18-20-68(21-19-67)33-40-12-14-41(15-13-40)50-30-48-55(63-36-64-56(48)66-50)61-31-43-8-5-7-11-49(43)60/h4-17,28,30,36-38,46,51,53,71H,18-27,29,31-35H2,1-3H3,(H,62,72)(H2,61,63,64,66)/t46-,51+,53+/m1/s1. The lowest BCUT2D eigenvalue weighted by Crippen LogP contribution is -2.55. The predicted octanol–water partition coefficient (Wildman–Crippen LogP) is 7.81. The Kier molecular flexibility index (Phi) is 17.7. The molecule has 0 bridgehead atoms. The number of aliphatic hydroxyl groups excluding tert-OH is 1. The lowest BCUT2D eigenvalue weighted by Gasteiger charge is -2.35. The number of carbonyl (C=O) groups excluding carboxylic acids is 3. The molecule has 19 heteroatoms. The van der Waals surface area contributed by atoms with Gasteiger partial charge in [-0.3, -0.25) is 24.2 Å². The molecular formula is C59H67ClN10O7S. The van der Waals surface area contributed by atoms with Gasteiger partial charge in [-0.05, 0) is 64.9 Å². The topological polar surface area (TPSA) is 191 Å². The van der Waals surface area contributed by atoms with E-state index in [2.05, 4.69) is 70.7 Å². The Hall–Kier alpha value is -6.77. The molecule has 0 unspecified atom stereocenters. The van der Waals surface area contributed by atoms with Crippen molar-refractivity contribution in [2.75, 3.05) is 77.6 Å². The number of ether oxygens (including phenoxy) is 3. The van der Waals surface area contributed by atoms with Crippen molar-refractivity contribution >= 4 is 57.5 Å². The quantitative estimate of drug-likeness (QED) is 0.0455. The fourth-order valence-electron chi connectivity index (χ4n) is 10.6. The van der Waals surface area contributed by atoms with Crippen LogP contribution < -0.4 is 15.4 Å². The number of likely N-dealkylation sites (tertiary alicyclic amines) is 1. The van der Waals surface area contributed by atoms with Crippen molar-refractivity contribution in [3.05, 3.63) is 147 Å². The minimum absolute atomic E-state index is 0.00707. The second-order valence-electron chi connectivity index (χ2n) is 20.5. The summed E-state index contributed by atoms with van der Waals surface area (Å²) in [6.45, 7) is 14.6. The summed E-state index contributed by atoms with van der Waals surface area (Å²) in [5.41, 5.74) is 11.0. The molecule has 408 valence electrons. The van der Waals surface area contributed by atoms with E-state index in [0.717, 1.165) is 105 Å². The van der Waals surface area contributed by atoms with Crippen LogP contribution in [0.1, 0.15) is 58.6 Å². The zero-order chi connectivity index (χ0) is 54.1. The van der Waals surface area contributed by atoms with E-state index in [1.807, 2.05) is 86.9 Å². The van der Waals surface area contributed by atoms with Crippen molar-refractivity contribution in [2.45, 2.75) is 71.6 Å². The summed E-state index contributed by atoms with van der Waals surface area (Å²) in [4.78, 5) is 67.6. The molecule has 17 nitrogen and oxygen atoms in total. The Balaban J connectivity index is 0.640. The number of thiazole rings is 1. The Morgan fingerprint density at radius 2 is 1.59 bits per heavy atom. The van der Waals surface area contributed by atoms with Crippen LogP contribution in [0.25, 0.3) is 32.7 Å². The van der Waals surface area contributed by atoms with Gasteiger partial charge in [0.1, 0.15) is 42.2 Å². The number of aromatic amines is 1. The van der Waals surface area contributed by atoms with Crippen LogP contribution in [-0.2, 0) is 45.2 Å². The molecule has 6 heterocycles. The number of nitrogens with zero attached hydrogens (tertiary/aromatic N) is 7. The molecular weight excluding hydrogens is 1030 g/mol. The van der Waals surface area contributed by atoms with E-state index in [-0.39, 0.29) is 49.8 Å². The van der Waals surface area contributed by atoms with Crippen LogP contribution in [0.3, 0.4) is 0 Å². The number of H-pyrrole nitrogens is 1. The monoisotopic (exact) mass is 1090 g/mol. The summed E-state index contributed by atoms with van der Waals surface area (Å²) in [7, 11) is 0. The largest absolute Gasteiger partial charge is 0.491 e. The van der Waals surface area contributed by atoms with E-state index < -0.39 is 18.2 Å². The molecule has 0 saturated carbocycles. The highest BCUT2D eigenvalue weighted by Gasteiger charge is 2.46. The molecule has 0 radical (unpaired) electrons. The highest BCUT2D eigenvalue weighted by molar-refractivity contribution is 7.13. The maximum Gasteiger partial charge on any atom is 0.255 e. The fourth-order valence-corrected chi connectivity index (χ4v) is 11.6. The molecule has 3 aromatic heterocycles. The third-order valence-electron chi connectivity index (χ3n) is 14.8. The molecule has 4 N–H and O–H groups in total. The lowest BCUT2D eigenvalue weighted by atomic mass is 10.0. The molecule has 78 heavy (non-hydrogen) atoms. The highest BCUT2D eigenvalue weighted by Crippen LogP contribution is 2.34. The number of nitrogens with one attached hydrogen (secondary N) is 3. The first-order valence-corrected chi connectivity index (χ1v) is 28.0. The van der Waals surface area contributed by atoms with E-state index in [1.165, 1.54) is 10.5 Å². The van der Waals surface area contributed by atoms with Crippen molar-refractivity contribution in [1.82, 2.24) is 44.9 Å². The van der Waals surface area contributed by atoms with Crippen LogP contribution in [-0.4, -0.2) is 153 Å². The van der Waals surface area contributed by atoms with Crippen LogP contribution in [0, 0.1) is 12.8 Å². The number of β-amino-alcohol motifs (C(OH)–C–C–N with tert-alkyl or cyclic N) is 1. The average molecular weight is 1100 g/mol. The maximum absolute atomic E-state index is 14.3. The van der Waals surface area contributed by atoms with Crippen molar-refractivity contribution in [1.29, 1.82) is 0 Å². The number of aromatic nitrogens is 4. The second kappa shape index (κ2) is 25.4. The van der Waals surface area contributed by atoms with Gasteiger partial charge in [-0.2, -0.15) is 0 Å². The summed E-state index contributed by atoms with van der Waals surface area (Å²) in [6.07, 6.45) is 0.789. The summed E-state index contributed by atoms with van der Waals surface area (Å²) in [6, 6.07) is 30.1. The first kappa shape index (κ1) is 54.6. The predicted molar refractivity (Wildman–Crippen MR) is 302 cm³/mol. The maximum atomic E-state index is 14.3. The molecule has 10 rings (SSSR count). The number of aliphatic hydroxyl groups is 1. The van der Waals surface area contributed by atoms with Gasteiger partial charge >= 0.3 is 0 Å². The number of piperazine rings is 1. The molecule has 4 aromatic carbocycles. The number of aryl methyl sites for hydroxylation is 1. The van der Waals surface area contributed by atoms with Gasteiger partial charge in [0.2, 0.25) is 11.8 Å².